The Morgan fingerprint density at radius 1 is 1.57 bits per heavy atom. The zero-order valence-corrected chi connectivity index (χ0v) is 12.3. The highest BCUT2D eigenvalue weighted by Crippen LogP contribution is 2.40. The number of hydrogen-bond donors (Lipinski definition) is 2. The van der Waals surface area contributed by atoms with Crippen LogP contribution >= 0.6 is 0 Å². The predicted molar refractivity (Wildman–Crippen MR) is 79.1 cm³/mol. The molecule has 0 aliphatic heterocycles. The van der Waals surface area contributed by atoms with Crippen molar-refractivity contribution < 1.29 is 14.3 Å². The average molecular weight is 288 g/mol. The van der Waals surface area contributed by atoms with Gasteiger partial charge in [0, 0.05) is 19.0 Å². The number of oxazole rings is 1. The van der Waals surface area contributed by atoms with E-state index in [4.69, 9.17) is 4.42 Å². The highest BCUT2D eigenvalue weighted by Gasteiger charge is 2.27. The van der Waals surface area contributed by atoms with Crippen LogP contribution in [0.2, 0.25) is 0 Å². The van der Waals surface area contributed by atoms with E-state index in [0.717, 1.165) is 30.4 Å². The lowest BCUT2D eigenvalue weighted by Crippen LogP contribution is -2.33. The van der Waals surface area contributed by atoms with Crippen molar-refractivity contribution in [3.8, 4) is 0 Å². The fourth-order valence-electron chi connectivity index (χ4n) is 3.11. The summed E-state index contributed by atoms with van der Waals surface area (Å²) >= 11 is 0. The van der Waals surface area contributed by atoms with Gasteiger partial charge in [-0.3, -0.25) is 4.79 Å². The van der Waals surface area contributed by atoms with Gasteiger partial charge < -0.3 is 14.8 Å². The van der Waals surface area contributed by atoms with Crippen molar-refractivity contribution in [3.05, 3.63) is 29.2 Å². The number of nitrogens with one attached hydrogen (secondary N) is 1. The molecule has 2 aromatic rings. The summed E-state index contributed by atoms with van der Waals surface area (Å²) in [5, 5.41) is 11.9. The number of aryl methyl sites for hydroxylation is 2. The van der Waals surface area contributed by atoms with Gasteiger partial charge in [-0.1, -0.05) is 6.07 Å². The molecule has 1 aliphatic rings. The molecule has 112 valence electrons. The van der Waals surface area contributed by atoms with Crippen molar-refractivity contribution in [1.29, 1.82) is 0 Å². The number of aliphatic hydroxyl groups is 1. The summed E-state index contributed by atoms with van der Waals surface area (Å²) in [6.45, 7) is 3.90. The molecule has 0 bridgehead atoms. The normalized spacial score (nSPS) is 18.7. The number of fused-ring (bicyclic) bond motifs is 3. The van der Waals surface area contributed by atoms with Crippen LogP contribution in [0.1, 0.15) is 42.7 Å². The van der Waals surface area contributed by atoms with Gasteiger partial charge in [0.1, 0.15) is 11.6 Å². The first-order valence-electron chi connectivity index (χ1n) is 7.41. The van der Waals surface area contributed by atoms with Crippen LogP contribution in [0, 0.1) is 6.92 Å². The van der Waals surface area contributed by atoms with Gasteiger partial charge in [0.15, 0.2) is 11.5 Å². The Labute approximate surface area is 123 Å². The van der Waals surface area contributed by atoms with Gasteiger partial charge in [0.05, 0.1) is 0 Å². The Kier molecular flexibility index (Phi) is 3.68. The van der Waals surface area contributed by atoms with Crippen molar-refractivity contribution >= 4 is 17.0 Å². The van der Waals surface area contributed by atoms with E-state index >= 15 is 0 Å². The second-order valence-electron chi connectivity index (χ2n) is 5.71. The maximum Gasteiger partial charge on any atom is 0.248 e. The smallest absolute Gasteiger partial charge is 0.248 e. The summed E-state index contributed by atoms with van der Waals surface area (Å²) in [6, 6.07) is 4.15. The molecule has 0 fully saturated rings. The highest BCUT2D eigenvalue weighted by atomic mass is 16.3. The van der Waals surface area contributed by atoms with Gasteiger partial charge in [-0.15, -0.1) is 0 Å². The fraction of sp³-hybridized carbons (Fsp3) is 0.500. The summed E-state index contributed by atoms with van der Waals surface area (Å²) in [7, 11) is 0. The molecule has 5 nitrogen and oxygen atoms in total. The van der Waals surface area contributed by atoms with Crippen LogP contribution in [-0.4, -0.2) is 28.6 Å². The molecule has 1 aliphatic carbocycles. The Balaban J connectivity index is 1.76. The van der Waals surface area contributed by atoms with Crippen LogP contribution in [-0.2, 0) is 11.2 Å². The third-order valence-electron chi connectivity index (χ3n) is 4.14. The fourth-order valence-corrected chi connectivity index (χ4v) is 3.11. The van der Waals surface area contributed by atoms with Crippen molar-refractivity contribution in [2.24, 2.45) is 0 Å². The highest BCUT2D eigenvalue weighted by molar-refractivity contribution is 5.80. The number of carbonyl (C=O) groups excluding carboxylic acids is 1. The molecule has 0 saturated carbocycles. The lowest BCUT2D eigenvalue weighted by molar-refractivity contribution is -0.128. The van der Waals surface area contributed by atoms with E-state index in [1.54, 1.807) is 0 Å². The summed E-state index contributed by atoms with van der Waals surface area (Å²) < 4.78 is 5.77. The molecule has 2 unspecified atom stereocenters. The molecular weight excluding hydrogens is 268 g/mol. The van der Waals surface area contributed by atoms with E-state index < -0.39 is 6.10 Å². The zero-order valence-electron chi connectivity index (χ0n) is 12.3. The molecule has 1 aromatic carbocycles. The van der Waals surface area contributed by atoms with Crippen molar-refractivity contribution in [2.45, 2.75) is 45.1 Å². The van der Waals surface area contributed by atoms with Gasteiger partial charge in [0.25, 0.3) is 0 Å². The molecule has 2 N–H and O–H groups in total. The van der Waals surface area contributed by atoms with Crippen LogP contribution < -0.4 is 5.32 Å². The van der Waals surface area contributed by atoms with Crippen LogP contribution in [0.4, 0.5) is 0 Å². The SMILES string of the molecule is Cc1nc2ccc3c(c2o1)C(CCNC(=O)C(C)O)CC3. The summed E-state index contributed by atoms with van der Waals surface area (Å²) in [5.41, 5.74) is 4.38. The second-order valence-corrected chi connectivity index (χ2v) is 5.71. The minimum absolute atomic E-state index is 0.318. The number of hydrogen-bond acceptors (Lipinski definition) is 4. The van der Waals surface area contributed by atoms with Crippen LogP contribution in [0.25, 0.3) is 11.1 Å². The predicted octanol–water partition coefficient (Wildman–Crippen LogP) is 2.05. The minimum atomic E-state index is -0.954. The van der Waals surface area contributed by atoms with Crippen molar-refractivity contribution in [2.75, 3.05) is 6.54 Å². The molecule has 0 spiro atoms. The van der Waals surface area contributed by atoms with E-state index in [0.29, 0.717) is 18.4 Å². The number of benzene rings is 1. The Hall–Kier alpha value is -1.88. The molecule has 0 radical (unpaired) electrons. The number of amides is 1. The van der Waals surface area contributed by atoms with Gasteiger partial charge in [-0.05, 0) is 43.7 Å². The lowest BCUT2D eigenvalue weighted by Gasteiger charge is -2.13. The quantitative estimate of drug-likeness (QED) is 0.903. The molecule has 1 amide bonds. The van der Waals surface area contributed by atoms with E-state index in [9.17, 15) is 9.90 Å². The van der Waals surface area contributed by atoms with E-state index in [1.807, 2.05) is 13.0 Å². The molecule has 1 heterocycles. The van der Waals surface area contributed by atoms with E-state index in [2.05, 4.69) is 16.4 Å². The Morgan fingerprint density at radius 3 is 3.14 bits per heavy atom. The number of rotatable bonds is 4. The first-order valence-corrected chi connectivity index (χ1v) is 7.41. The minimum Gasteiger partial charge on any atom is -0.441 e. The molecule has 2 atom stereocenters. The summed E-state index contributed by atoms with van der Waals surface area (Å²) in [6.07, 6.45) is 2.01. The average Bonchev–Trinajstić information content (AvgIpc) is 3.00. The summed E-state index contributed by atoms with van der Waals surface area (Å²) in [4.78, 5) is 15.8. The van der Waals surface area contributed by atoms with Crippen molar-refractivity contribution in [3.63, 3.8) is 0 Å². The third-order valence-corrected chi connectivity index (χ3v) is 4.14. The zero-order chi connectivity index (χ0) is 15.0. The van der Waals surface area contributed by atoms with Gasteiger partial charge in [-0.25, -0.2) is 4.98 Å². The maximum absolute atomic E-state index is 11.4. The largest absolute Gasteiger partial charge is 0.441 e. The molecule has 0 saturated heterocycles. The van der Waals surface area contributed by atoms with E-state index in [-0.39, 0.29) is 5.91 Å². The topological polar surface area (TPSA) is 75.4 Å². The number of carbonyl (C=O) groups is 1. The third kappa shape index (κ3) is 2.65. The standard InChI is InChI=1S/C16H20N2O3/c1-9(19)16(20)17-8-7-12-4-3-11-5-6-13-15(14(11)12)21-10(2)18-13/h5-6,9,12,19H,3-4,7-8H2,1-2H3,(H,17,20). The molecule has 3 rings (SSSR count). The summed E-state index contributed by atoms with van der Waals surface area (Å²) in [5.74, 6) is 0.749. The first-order chi connectivity index (χ1) is 10.1. The monoisotopic (exact) mass is 288 g/mol. The van der Waals surface area contributed by atoms with Crippen LogP contribution in [0.15, 0.2) is 16.5 Å². The second kappa shape index (κ2) is 5.48. The number of aliphatic hydroxyl groups excluding tert-OH is 1. The first kappa shape index (κ1) is 14.1. The van der Waals surface area contributed by atoms with Gasteiger partial charge in [-0.2, -0.15) is 0 Å². The van der Waals surface area contributed by atoms with Crippen molar-refractivity contribution in [1.82, 2.24) is 10.3 Å². The maximum atomic E-state index is 11.4. The van der Waals surface area contributed by atoms with E-state index in [1.165, 1.54) is 18.1 Å². The lowest BCUT2D eigenvalue weighted by atomic mass is 9.97. The van der Waals surface area contributed by atoms with Gasteiger partial charge in [0.2, 0.25) is 5.91 Å². The molecule has 21 heavy (non-hydrogen) atoms. The Bertz CT molecular complexity index is 675. The van der Waals surface area contributed by atoms with Crippen LogP contribution in [0.3, 0.4) is 0 Å². The molecule has 5 heteroatoms. The number of aromatic nitrogens is 1. The van der Waals surface area contributed by atoms with Gasteiger partial charge >= 0.3 is 0 Å². The Morgan fingerprint density at radius 2 is 2.38 bits per heavy atom. The number of nitrogens with zero attached hydrogens (tertiary/aromatic N) is 1. The molecular formula is C16H20N2O3. The van der Waals surface area contributed by atoms with Crippen LogP contribution in [0.5, 0.6) is 0 Å². The molecule has 1 aromatic heterocycles.